The van der Waals surface area contributed by atoms with E-state index in [0.29, 0.717) is 24.2 Å². The Bertz CT molecular complexity index is 1380. The largest absolute Gasteiger partial charge is 0.465 e. The Morgan fingerprint density at radius 1 is 0.865 bits per heavy atom. The van der Waals surface area contributed by atoms with Crippen molar-refractivity contribution in [1.29, 1.82) is 0 Å². The molecule has 5 rings (SSSR count). The first kappa shape index (κ1) is 24.7. The van der Waals surface area contributed by atoms with Crippen molar-refractivity contribution in [1.82, 2.24) is 10.2 Å². The average molecular weight is 493 g/mol. The fraction of sp³-hybridized carbons (Fsp3) is 0.250. The molecular formula is C32H32N2O3. The van der Waals surface area contributed by atoms with Gasteiger partial charge in [-0.3, -0.25) is 4.79 Å². The molecule has 0 bridgehead atoms. The molecule has 1 heterocycles. The van der Waals surface area contributed by atoms with Crippen LogP contribution in [0.1, 0.15) is 50.7 Å². The molecule has 1 aliphatic rings. The van der Waals surface area contributed by atoms with Crippen LogP contribution < -0.4 is 5.32 Å². The quantitative estimate of drug-likeness (QED) is 0.330. The van der Waals surface area contributed by atoms with Crippen LogP contribution in [0, 0.1) is 5.92 Å². The summed E-state index contributed by atoms with van der Waals surface area (Å²) in [5.41, 5.74) is 3.55. The highest BCUT2D eigenvalue weighted by molar-refractivity contribution is 5.96. The van der Waals surface area contributed by atoms with E-state index in [1.165, 1.54) is 29.0 Å². The first-order chi connectivity index (χ1) is 18.0. The third-order valence-corrected chi connectivity index (χ3v) is 7.48. The first-order valence-corrected chi connectivity index (χ1v) is 12.8. The zero-order valence-electron chi connectivity index (χ0n) is 21.3. The molecule has 5 nitrogen and oxygen atoms in total. The summed E-state index contributed by atoms with van der Waals surface area (Å²) in [5.74, 6) is 0.0996. The minimum absolute atomic E-state index is 0.0121. The van der Waals surface area contributed by atoms with E-state index < -0.39 is 5.97 Å². The summed E-state index contributed by atoms with van der Waals surface area (Å²) < 4.78 is 4.77. The lowest BCUT2D eigenvalue weighted by Crippen LogP contribution is -2.32. The predicted molar refractivity (Wildman–Crippen MR) is 147 cm³/mol. The summed E-state index contributed by atoms with van der Waals surface area (Å²) in [4.78, 5) is 27.1. The van der Waals surface area contributed by atoms with Gasteiger partial charge in [-0.15, -0.1) is 0 Å². The Morgan fingerprint density at radius 2 is 1.54 bits per heavy atom. The van der Waals surface area contributed by atoms with Gasteiger partial charge in [0, 0.05) is 37.2 Å². The number of ether oxygens (including phenoxy) is 1. The van der Waals surface area contributed by atoms with Crippen LogP contribution in [0.5, 0.6) is 0 Å². The maximum absolute atomic E-state index is 13.4. The van der Waals surface area contributed by atoms with Crippen molar-refractivity contribution in [2.24, 2.45) is 5.92 Å². The van der Waals surface area contributed by atoms with Crippen LogP contribution >= 0.6 is 0 Å². The van der Waals surface area contributed by atoms with Crippen molar-refractivity contribution < 1.29 is 14.3 Å². The maximum atomic E-state index is 13.4. The van der Waals surface area contributed by atoms with Gasteiger partial charge in [0.15, 0.2) is 0 Å². The molecule has 4 aromatic rings. The molecule has 188 valence electrons. The molecule has 1 amide bonds. The number of methoxy groups -OCH3 is 1. The molecule has 1 saturated heterocycles. The molecule has 3 atom stereocenters. The van der Waals surface area contributed by atoms with Crippen molar-refractivity contribution in [2.75, 3.05) is 26.7 Å². The van der Waals surface area contributed by atoms with Crippen LogP contribution in [0.15, 0.2) is 97.1 Å². The summed E-state index contributed by atoms with van der Waals surface area (Å²) in [5, 5.41) is 6.28. The summed E-state index contributed by atoms with van der Waals surface area (Å²) in [7, 11) is 1.35. The van der Waals surface area contributed by atoms with Crippen LogP contribution in [-0.4, -0.2) is 43.5 Å². The highest BCUT2D eigenvalue weighted by atomic mass is 16.5. The van der Waals surface area contributed by atoms with E-state index in [2.05, 4.69) is 79.0 Å². The van der Waals surface area contributed by atoms with Gasteiger partial charge in [0.05, 0.1) is 12.7 Å². The maximum Gasteiger partial charge on any atom is 0.337 e. The molecule has 5 heteroatoms. The highest BCUT2D eigenvalue weighted by Gasteiger charge is 2.36. The molecule has 1 N–H and O–H groups in total. The number of likely N-dealkylation sites (tertiary alicyclic amines) is 1. The lowest BCUT2D eigenvalue weighted by Gasteiger charge is -2.23. The Kier molecular flexibility index (Phi) is 7.33. The fourth-order valence-electron chi connectivity index (χ4n) is 5.44. The summed E-state index contributed by atoms with van der Waals surface area (Å²) in [6.45, 7) is 4.35. The number of nitrogens with zero attached hydrogens (tertiary/aromatic N) is 1. The molecular weight excluding hydrogens is 460 g/mol. The summed E-state index contributed by atoms with van der Waals surface area (Å²) >= 11 is 0. The van der Waals surface area contributed by atoms with Crippen LogP contribution in [0.3, 0.4) is 0 Å². The Labute approximate surface area is 218 Å². The smallest absolute Gasteiger partial charge is 0.337 e. The molecule has 0 spiro atoms. The van der Waals surface area contributed by atoms with Crippen LogP contribution in [0.2, 0.25) is 0 Å². The van der Waals surface area contributed by atoms with E-state index in [0.717, 1.165) is 6.54 Å². The van der Waals surface area contributed by atoms with Gasteiger partial charge in [-0.25, -0.2) is 4.79 Å². The standard InChI is InChI=1S/C32H32N2O3/c1-22(28-14-8-12-23-11-6-7-13-29(23)28)33-19-27-20-34(21-30(27)24-9-4-3-5-10-24)31(35)25-15-17-26(18-16-25)32(36)37-2/h3-18,22,27,30,33H,19-21H2,1-2H3/t22-,27-,30-/m1/s1. The fourth-order valence-corrected chi connectivity index (χ4v) is 5.44. The van der Waals surface area contributed by atoms with Crippen molar-refractivity contribution in [2.45, 2.75) is 18.9 Å². The number of hydrogen-bond acceptors (Lipinski definition) is 4. The van der Waals surface area contributed by atoms with Gasteiger partial charge in [-0.05, 0) is 59.0 Å². The molecule has 0 aliphatic carbocycles. The number of carbonyl (C=O) groups excluding carboxylic acids is 2. The number of nitrogens with one attached hydrogen (secondary N) is 1. The van der Waals surface area contributed by atoms with Gasteiger partial charge < -0.3 is 15.0 Å². The molecule has 1 fully saturated rings. The van der Waals surface area contributed by atoms with Gasteiger partial charge >= 0.3 is 5.97 Å². The summed E-state index contributed by atoms with van der Waals surface area (Å²) in [6, 6.07) is 32.3. The zero-order chi connectivity index (χ0) is 25.8. The monoisotopic (exact) mass is 492 g/mol. The van der Waals surface area contributed by atoms with E-state index >= 15 is 0 Å². The van der Waals surface area contributed by atoms with Gasteiger partial charge in [-0.2, -0.15) is 0 Å². The van der Waals surface area contributed by atoms with E-state index in [9.17, 15) is 9.59 Å². The second-order valence-corrected chi connectivity index (χ2v) is 9.75. The van der Waals surface area contributed by atoms with Gasteiger partial charge in [0.25, 0.3) is 5.91 Å². The topological polar surface area (TPSA) is 58.6 Å². The van der Waals surface area contributed by atoms with Crippen LogP contribution in [0.4, 0.5) is 0 Å². The van der Waals surface area contributed by atoms with Crippen molar-refractivity contribution in [3.63, 3.8) is 0 Å². The minimum atomic E-state index is -0.407. The Hall–Kier alpha value is -3.96. The van der Waals surface area contributed by atoms with Crippen molar-refractivity contribution >= 4 is 22.6 Å². The Balaban J connectivity index is 1.33. The van der Waals surface area contributed by atoms with E-state index in [-0.39, 0.29) is 23.8 Å². The number of hydrogen-bond donors (Lipinski definition) is 1. The zero-order valence-corrected chi connectivity index (χ0v) is 21.3. The third-order valence-electron chi connectivity index (χ3n) is 7.48. The van der Waals surface area contributed by atoms with Gasteiger partial charge in [-0.1, -0.05) is 72.8 Å². The molecule has 0 unspecified atom stereocenters. The molecule has 0 radical (unpaired) electrons. The van der Waals surface area contributed by atoms with E-state index in [4.69, 9.17) is 4.74 Å². The van der Waals surface area contributed by atoms with Gasteiger partial charge in [0.1, 0.15) is 0 Å². The second-order valence-electron chi connectivity index (χ2n) is 9.75. The number of amides is 1. The lowest BCUT2D eigenvalue weighted by atomic mass is 9.88. The van der Waals surface area contributed by atoms with Crippen molar-refractivity contribution in [3.05, 3.63) is 119 Å². The number of esters is 1. The lowest BCUT2D eigenvalue weighted by molar-refractivity contribution is 0.0600. The van der Waals surface area contributed by atoms with E-state index in [1.54, 1.807) is 24.3 Å². The van der Waals surface area contributed by atoms with E-state index in [1.807, 2.05) is 11.0 Å². The molecule has 1 aliphatic heterocycles. The molecule has 0 aromatic heterocycles. The second kappa shape index (κ2) is 11.0. The molecule has 0 saturated carbocycles. The first-order valence-electron chi connectivity index (χ1n) is 12.8. The number of rotatable bonds is 7. The van der Waals surface area contributed by atoms with Crippen LogP contribution in [-0.2, 0) is 4.74 Å². The van der Waals surface area contributed by atoms with Crippen LogP contribution in [0.25, 0.3) is 10.8 Å². The number of benzene rings is 4. The normalized spacial score (nSPS) is 18.1. The highest BCUT2D eigenvalue weighted by Crippen LogP contribution is 2.34. The minimum Gasteiger partial charge on any atom is -0.465 e. The number of carbonyl (C=O) groups is 2. The Morgan fingerprint density at radius 3 is 2.30 bits per heavy atom. The third kappa shape index (κ3) is 5.27. The summed E-state index contributed by atoms with van der Waals surface area (Å²) in [6.07, 6.45) is 0. The predicted octanol–water partition coefficient (Wildman–Crippen LogP) is 5.83. The average Bonchev–Trinajstić information content (AvgIpc) is 3.39. The molecule has 37 heavy (non-hydrogen) atoms. The SMILES string of the molecule is COC(=O)c1ccc(C(=O)N2C[C@@H](CN[C@H](C)c3cccc4ccccc34)[C@@H](c3ccccc3)C2)cc1. The van der Waals surface area contributed by atoms with Gasteiger partial charge in [0.2, 0.25) is 0 Å². The molecule has 4 aromatic carbocycles. The van der Waals surface area contributed by atoms with Crippen molar-refractivity contribution in [3.8, 4) is 0 Å². The number of fused-ring (bicyclic) bond motifs is 1.